The third kappa shape index (κ3) is 7.51. The van der Waals surface area contributed by atoms with Crippen molar-refractivity contribution in [3.8, 4) is 33.4 Å². The van der Waals surface area contributed by atoms with Gasteiger partial charge in [-0.2, -0.15) is 0 Å². The molecule has 0 aliphatic carbocycles. The van der Waals surface area contributed by atoms with Crippen LogP contribution in [0.25, 0.3) is 59.3 Å². The van der Waals surface area contributed by atoms with E-state index >= 15 is 0 Å². The molecule has 1 aromatic heterocycles. The van der Waals surface area contributed by atoms with Crippen molar-refractivity contribution in [2.45, 2.75) is 13.3 Å². The lowest BCUT2D eigenvalue weighted by Gasteiger charge is -2.11. The van der Waals surface area contributed by atoms with E-state index in [9.17, 15) is 0 Å². The molecule has 2 heteroatoms. The van der Waals surface area contributed by atoms with Crippen LogP contribution in [0.1, 0.15) is 16.7 Å². The predicted molar refractivity (Wildman–Crippen MR) is 214 cm³/mol. The topological polar surface area (TPSA) is 12.4 Å². The first-order valence-electron chi connectivity index (χ1n) is 16.6. The molecule has 0 radical (unpaired) electrons. The number of nitrogens with zero attached hydrogens (tertiary/aromatic N) is 1. The second kappa shape index (κ2) is 14.9. The van der Waals surface area contributed by atoms with Gasteiger partial charge in [-0.3, -0.25) is 4.99 Å². The Labute approximate surface area is 293 Å². The van der Waals surface area contributed by atoms with Gasteiger partial charge in [0.1, 0.15) is 0 Å². The van der Waals surface area contributed by atoms with Crippen LogP contribution >= 0.6 is 11.3 Å². The molecule has 0 saturated heterocycles. The van der Waals surface area contributed by atoms with E-state index in [1.165, 1.54) is 64.7 Å². The molecule has 0 fully saturated rings. The number of aliphatic imine (C=N–C) groups is 1. The zero-order valence-electron chi connectivity index (χ0n) is 27.6. The van der Waals surface area contributed by atoms with Crippen LogP contribution < -0.4 is 0 Å². The summed E-state index contributed by atoms with van der Waals surface area (Å²) >= 11 is 1.83. The Kier molecular flexibility index (Phi) is 9.68. The minimum absolute atomic E-state index is 0.861. The van der Waals surface area contributed by atoms with E-state index in [1.54, 1.807) is 0 Å². The molecule has 236 valence electrons. The molecule has 1 nitrogen and oxygen atoms in total. The summed E-state index contributed by atoms with van der Waals surface area (Å²) < 4.78 is 2.62. The Morgan fingerprint density at radius 3 is 1.61 bits per heavy atom. The fourth-order valence-electron chi connectivity index (χ4n) is 6.12. The highest BCUT2D eigenvalue weighted by atomic mass is 32.1. The second-order valence-electron chi connectivity index (χ2n) is 12.1. The highest BCUT2D eigenvalue weighted by Gasteiger charge is 2.09. The molecule has 0 aliphatic rings. The van der Waals surface area contributed by atoms with Crippen LogP contribution in [0.2, 0.25) is 0 Å². The lowest BCUT2D eigenvalue weighted by molar-refractivity contribution is 1.26. The van der Waals surface area contributed by atoms with Crippen molar-refractivity contribution in [2.75, 3.05) is 0 Å². The van der Waals surface area contributed by atoms with Gasteiger partial charge in [-0.25, -0.2) is 0 Å². The van der Waals surface area contributed by atoms with Crippen molar-refractivity contribution >= 4 is 43.9 Å². The van der Waals surface area contributed by atoms with Crippen LogP contribution in [0, 0.1) is 6.92 Å². The van der Waals surface area contributed by atoms with Gasteiger partial charge in [0.15, 0.2) is 0 Å². The number of aryl methyl sites for hydroxylation is 1. The van der Waals surface area contributed by atoms with E-state index < -0.39 is 0 Å². The number of rotatable bonds is 7. The van der Waals surface area contributed by atoms with Crippen LogP contribution in [-0.4, -0.2) is 6.72 Å². The summed E-state index contributed by atoms with van der Waals surface area (Å²) in [6.07, 6.45) is 3.01. The largest absolute Gasteiger partial charge is 0.264 e. The van der Waals surface area contributed by atoms with E-state index in [0.29, 0.717) is 0 Å². The van der Waals surface area contributed by atoms with E-state index in [2.05, 4.69) is 195 Å². The molecule has 0 N–H and O–H groups in total. The van der Waals surface area contributed by atoms with Crippen molar-refractivity contribution in [3.05, 3.63) is 199 Å². The highest BCUT2D eigenvalue weighted by Crippen LogP contribution is 2.36. The van der Waals surface area contributed by atoms with Gasteiger partial charge in [-0.1, -0.05) is 157 Å². The number of thiophene rings is 1. The molecule has 7 aromatic carbocycles. The first-order valence-corrected chi connectivity index (χ1v) is 17.4. The van der Waals surface area contributed by atoms with Crippen molar-refractivity contribution in [1.29, 1.82) is 0 Å². The summed E-state index contributed by atoms with van der Waals surface area (Å²) in [6.45, 7) is 5.88. The molecule has 0 saturated carbocycles. The lowest BCUT2D eigenvalue weighted by Crippen LogP contribution is -1.86. The first kappa shape index (κ1) is 31.8. The fourth-order valence-corrected chi connectivity index (χ4v) is 7.27. The third-order valence-electron chi connectivity index (χ3n) is 8.75. The molecule has 0 aliphatic heterocycles. The van der Waals surface area contributed by atoms with E-state index in [1.807, 2.05) is 17.4 Å². The average Bonchev–Trinajstić information content (AvgIpc) is 3.55. The molecule has 0 bridgehead atoms. The van der Waals surface area contributed by atoms with Gasteiger partial charge in [0.25, 0.3) is 0 Å². The Morgan fingerprint density at radius 2 is 1.02 bits per heavy atom. The van der Waals surface area contributed by atoms with E-state index in [0.717, 1.165) is 17.7 Å². The SMILES string of the molecule is C=N/C(=C\Cc1ccccc1)c1ccc2c(c1)sc1ccccc12.Cc1ccc(-c2cc(-c3ccccc3)cc(-c3ccccc3)c2)cc1. The Bertz CT molecular complexity index is 2290. The quantitative estimate of drug-likeness (QED) is 0.153. The van der Waals surface area contributed by atoms with Crippen LogP contribution in [0.15, 0.2) is 187 Å². The molecular formula is C47H37NS. The molecule has 0 atom stereocenters. The van der Waals surface area contributed by atoms with Gasteiger partial charge in [-0.05, 0) is 89.3 Å². The lowest BCUT2D eigenvalue weighted by atomic mass is 9.93. The maximum absolute atomic E-state index is 4.25. The Morgan fingerprint density at radius 1 is 0.510 bits per heavy atom. The van der Waals surface area contributed by atoms with E-state index in [-0.39, 0.29) is 0 Å². The van der Waals surface area contributed by atoms with Crippen LogP contribution in [0.3, 0.4) is 0 Å². The number of allylic oxidation sites excluding steroid dienone is 1. The third-order valence-corrected chi connectivity index (χ3v) is 9.88. The Hall–Kier alpha value is -5.83. The molecule has 8 aromatic rings. The molecule has 1 heterocycles. The summed E-state index contributed by atoms with van der Waals surface area (Å²) in [5.74, 6) is 0. The van der Waals surface area contributed by atoms with Gasteiger partial charge in [0.05, 0.1) is 5.70 Å². The minimum atomic E-state index is 0.861. The predicted octanol–water partition coefficient (Wildman–Crippen LogP) is 13.3. The van der Waals surface area contributed by atoms with Gasteiger partial charge < -0.3 is 0 Å². The van der Waals surface area contributed by atoms with Crippen molar-refractivity contribution in [3.63, 3.8) is 0 Å². The summed E-state index contributed by atoms with van der Waals surface area (Å²) in [4.78, 5) is 4.25. The molecule has 49 heavy (non-hydrogen) atoms. The first-order chi connectivity index (χ1) is 24.1. The Balaban J connectivity index is 0.000000154. The highest BCUT2D eigenvalue weighted by molar-refractivity contribution is 7.25. The van der Waals surface area contributed by atoms with Crippen molar-refractivity contribution < 1.29 is 0 Å². The van der Waals surface area contributed by atoms with Crippen LogP contribution in [0.4, 0.5) is 0 Å². The van der Waals surface area contributed by atoms with Gasteiger partial charge in [-0.15, -0.1) is 11.3 Å². The maximum Gasteiger partial charge on any atom is 0.0658 e. The van der Waals surface area contributed by atoms with Gasteiger partial charge in [0.2, 0.25) is 0 Å². The summed E-state index contributed by atoms with van der Waals surface area (Å²) in [6, 6.07) is 62.3. The smallest absolute Gasteiger partial charge is 0.0658 e. The van der Waals surface area contributed by atoms with Crippen molar-refractivity contribution in [2.24, 2.45) is 4.99 Å². The minimum Gasteiger partial charge on any atom is -0.264 e. The number of hydrogen-bond donors (Lipinski definition) is 0. The molecule has 0 amide bonds. The van der Waals surface area contributed by atoms with Crippen LogP contribution in [0.5, 0.6) is 0 Å². The molecule has 0 spiro atoms. The molecule has 8 rings (SSSR count). The monoisotopic (exact) mass is 647 g/mol. The summed E-state index contributed by atoms with van der Waals surface area (Å²) in [5.41, 5.74) is 12.1. The van der Waals surface area contributed by atoms with E-state index in [4.69, 9.17) is 0 Å². The van der Waals surface area contributed by atoms with Crippen LogP contribution in [-0.2, 0) is 6.42 Å². The zero-order valence-corrected chi connectivity index (χ0v) is 28.4. The molecular weight excluding hydrogens is 611 g/mol. The normalized spacial score (nSPS) is 11.2. The summed E-state index contributed by atoms with van der Waals surface area (Å²) in [5, 5.41) is 2.64. The number of fused-ring (bicyclic) bond motifs is 3. The number of hydrogen-bond acceptors (Lipinski definition) is 2. The summed E-state index contributed by atoms with van der Waals surface area (Å²) in [7, 11) is 0. The van der Waals surface area contributed by atoms with Crippen molar-refractivity contribution in [1.82, 2.24) is 0 Å². The number of benzene rings is 7. The van der Waals surface area contributed by atoms with Gasteiger partial charge >= 0.3 is 0 Å². The maximum atomic E-state index is 4.25. The average molecular weight is 648 g/mol. The van der Waals surface area contributed by atoms with Gasteiger partial charge in [0, 0.05) is 25.7 Å². The molecule has 0 unspecified atom stereocenters. The zero-order chi connectivity index (χ0) is 33.4. The second-order valence-corrected chi connectivity index (χ2v) is 13.2. The fraction of sp³-hybridized carbons (Fsp3) is 0.0426. The standard InChI is InChI=1S/C25H20.C22H17NS/c1-19-12-14-22(15-13-19)25-17-23(20-8-4-2-5-9-20)16-24(18-25)21-10-6-3-7-11-21;1-23-20(14-11-16-7-3-2-4-8-16)17-12-13-19-18-9-5-6-10-21(18)24-22(19)15-17/h2-18H,1H3;2-10,12-15H,1,11H2/b;20-14-.